The van der Waals surface area contributed by atoms with Crippen molar-refractivity contribution < 1.29 is 4.79 Å². The first kappa shape index (κ1) is 16.6. The standard InChI is InChI=1S/C23H17N3O/c1-25-12-4-7-22(25)18(14-24)13-17-8-10-20(11-9-17)26-15-19(16-27)21-5-2-3-6-23(21)26/h2-13,15-16H,1H3/b18-13+. The van der Waals surface area contributed by atoms with E-state index in [1.165, 1.54) is 0 Å². The van der Waals surface area contributed by atoms with Gasteiger partial charge < -0.3 is 9.13 Å². The van der Waals surface area contributed by atoms with E-state index < -0.39 is 0 Å². The van der Waals surface area contributed by atoms with E-state index in [4.69, 9.17) is 0 Å². The van der Waals surface area contributed by atoms with Crippen LogP contribution in [0.15, 0.2) is 73.1 Å². The predicted molar refractivity (Wildman–Crippen MR) is 108 cm³/mol. The number of hydrogen-bond acceptors (Lipinski definition) is 2. The molecule has 4 nitrogen and oxygen atoms in total. The highest BCUT2D eigenvalue weighted by Crippen LogP contribution is 2.25. The Morgan fingerprint density at radius 3 is 2.48 bits per heavy atom. The average molecular weight is 351 g/mol. The van der Waals surface area contributed by atoms with Crippen molar-refractivity contribution in [1.29, 1.82) is 5.26 Å². The molecule has 4 heteroatoms. The molecule has 0 saturated carbocycles. The van der Waals surface area contributed by atoms with E-state index in [0.29, 0.717) is 11.1 Å². The van der Waals surface area contributed by atoms with Crippen molar-refractivity contribution in [3.8, 4) is 11.8 Å². The number of aldehydes is 1. The minimum atomic E-state index is 0.616. The fraction of sp³-hybridized carbons (Fsp3) is 0.0435. The van der Waals surface area contributed by atoms with Gasteiger partial charge in [0.05, 0.1) is 16.8 Å². The smallest absolute Gasteiger partial charge is 0.152 e. The van der Waals surface area contributed by atoms with E-state index in [1.807, 2.05) is 95.3 Å². The van der Waals surface area contributed by atoms with Crippen LogP contribution in [0.25, 0.3) is 28.2 Å². The molecule has 4 rings (SSSR count). The normalized spacial score (nSPS) is 11.5. The SMILES string of the molecule is Cn1cccc1/C(C#N)=C/c1ccc(-n2cc(C=O)c3ccccc32)cc1. The Bertz CT molecular complexity index is 1200. The molecule has 0 amide bonds. The van der Waals surface area contributed by atoms with Gasteiger partial charge >= 0.3 is 0 Å². The van der Waals surface area contributed by atoms with Crippen LogP contribution in [-0.2, 0) is 7.05 Å². The summed E-state index contributed by atoms with van der Waals surface area (Å²) in [6, 6.07) is 21.9. The molecule has 0 aliphatic heterocycles. The Hall–Kier alpha value is -3.84. The second-order valence-electron chi connectivity index (χ2n) is 6.36. The molecule has 2 heterocycles. The Balaban J connectivity index is 1.73. The first-order chi connectivity index (χ1) is 13.2. The third-order valence-electron chi connectivity index (χ3n) is 4.69. The number of carbonyl (C=O) groups excluding carboxylic acids is 1. The Kier molecular flexibility index (Phi) is 4.19. The number of aryl methyl sites for hydroxylation is 1. The number of rotatable bonds is 4. The molecule has 0 bridgehead atoms. The van der Waals surface area contributed by atoms with Gasteiger partial charge in [-0.05, 0) is 42.0 Å². The zero-order valence-electron chi connectivity index (χ0n) is 14.8. The van der Waals surface area contributed by atoms with Gasteiger partial charge in [-0.3, -0.25) is 4.79 Å². The van der Waals surface area contributed by atoms with Gasteiger partial charge in [0, 0.05) is 36.1 Å². The van der Waals surface area contributed by atoms with Gasteiger partial charge in [0.1, 0.15) is 6.07 Å². The summed E-state index contributed by atoms with van der Waals surface area (Å²) >= 11 is 0. The summed E-state index contributed by atoms with van der Waals surface area (Å²) < 4.78 is 3.94. The Morgan fingerprint density at radius 2 is 1.81 bits per heavy atom. The van der Waals surface area contributed by atoms with Crippen LogP contribution in [0.2, 0.25) is 0 Å². The molecular weight excluding hydrogens is 334 g/mol. The maximum absolute atomic E-state index is 11.4. The van der Waals surface area contributed by atoms with Crippen LogP contribution in [-0.4, -0.2) is 15.4 Å². The second-order valence-corrected chi connectivity index (χ2v) is 6.36. The summed E-state index contributed by atoms with van der Waals surface area (Å²) in [5.41, 5.74) is 5.07. The lowest BCUT2D eigenvalue weighted by atomic mass is 10.1. The molecule has 130 valence electrons. The van der Waals surface area contributed by atoms with Crippen molar-refractivity contribution in [3.05, 3.63) is 89.9 Å². The highest BCUT2D eigenvalue weighted by Gasteiger charge is 2.09. The van der Waals surface area contributed by atoms with Crippen LogP contribution in [0, 0.1) is 11.3 Å². The molecule has 4 aromatic rings. The van der Waals surface area contributed by atoms with Gasteiger partial charge in [0.15, 0.2) is 6.29 Å². The summed E-state index contributed by atoms with van der Waals surface area (Å²) in [5, 5.41) is 10.4. The summed E-state index contributed by atoms with van der Waals surface area (Å²) in [5.74, 6) is 0. The Labute approximate surface area is 157 Å². The maximum atomic E-state index is 11.4. The second kappa shape index (κ2) is 6.81. The highest BCUT2D eigenvalue weighted by atomic mass is 16.1. The van der Waals surface area contributed by atoms with Crippen molar-refractivity contribution in [2.45, 2.75) is 0 Å². The number of hydrogen-bond donors (Lipinski definition) is 0. The molecule has 0 N–H and O–H groups in total. The first-order valence-corrected chi connectivity index (χ1v) is 8.60. The Morgan fingerprint density at radius 1 is 1.04 bits per heavy atom. The monoisotopic (exact) mass is 351 g/mol. The van der Waals surface area contributed by atoms with Crippen LogP contribution >= 0.6 is 0 Å². The minimum absolute atomic E-state index is 0.616. The molecule has 0 atom stereocenters. The van der Waals surface area contributed by atoms with Gasteiger partial charge in [-0.1, -0.05) is 30.3 Å². The van der Waals surface area contributed by atoms with E-state index in [0.717, 1.165) is 34.1 Å². The fourth-order valence-electron chi connectivity index (χ4n) is 3.32. The van der Waals surface area contributed by atoms with E-state index in [2.05, 4.69) is 6.07 Å². The molecule has 0 spiro atoms. The maximum Gasteiger partial charge on any atom is 0.152 e. The quantitative estimate of drug-likeness (QED) is 0.390. The molecule has 0 aliphatic carbocycles. The van der Waals surface area contributed by atoms with Crippen molar-refractivity contribution in [1.82, 2.24) is 9.13 Å². The molecule has 0 saturated heterocycles. The first-order valence-electron chi connectivity index (χ1n) is 8.60. The van der Waals surface area contributed by atoms with Crippen molar-refractivity contribution >= 4 is 28.8 Å². The summed E-state index contributed by atoms with van der Waals surface area (Å²) in [7, 11) is 1.92. The third-order valence-corrected chi connectivity index (χ3v) is 4.69. The molecule has 0 radical (unpaired) electrons. The van der Waals surface area contributed by atoms with E-state index in [1.54, 1.807) is 0 Å². The number of para-hydroxylation sites is 1. The van der Waals surface area contributed by atoms with Crippen LogP contribution < -0.4 is 0 Å². The number of allylic oxidation sites excluding steroid dienone is 1. The summed E-state index contributed by atoms with van der Waals surface area (Å²) in [6.07, 6.45) is 6.54. The zero-order chi connectivity index (χ0) is 18.8. The molecule has 0 fully saturated rings. The molecule has 0 unspecified atom stereocenters. The molecule has 2 aromatic heterocycles. The number of aromatic nitrogens is 2. The summed E-state index contributed by atoms with van der Waals surface area (Å²) in [4.78, 5) is 11.4. The number of fused-ring (bicyclic) bond motifs is 1. The lowest BCUT2D eigenvalue weighted by molar-refractivity contribution is 0.112. The number of nitrogens with zero attached hydrogens (tertiary/aromatic N) is 3. The largest absolute Gasteiger partial charge is 0.350 e. The third kappa shape index (κ3) is 2.96. The lowest BCUT2D eigenvalue weighted by Crippen LogP contribution is -1.93. The van der Waals surface area contributed by atoms with Crippen LogP contribution in [0.5, 0.6) is 0 Å². The molecular formula is C23H17N3O. The van der Waals surface area contributed by atoms with Gasteiger partial charge in [-0.2, -0.15) is 5.26 Å². The van der Waals surface area contributed by atoms with E-state index in [-0.39, 0.29) is 0 Å². The van der Waals surface area contributed by atoms with Crippen LogP contribution in [0.1, 0.15) is 21.6 Å². The summed E-state index contributed by atoms with van der Waals surface area (Å²) in [6.45, 7) is 0. The molecule has 2 aromatic carbocycles. The lowest BCUT2D eigenvalue weighted by Gasteiger charge is -2.06. The van der Waals surface area contributed by atoms with Crippen molar-refractivity contribution in [3.63, 3.8) is 0 Å². The van der Waals surface area contributed by atoms with Crippen LogP contribution in [0.3, 0.4) is 0 Å². The van der Waals surface area contributed by atoms with Crippen LogP contribution in [0.4, 0.5) is 0 Å². The topological polar surface area (TPSA) is 50.7 Å². The number of nitriles is 1. The molecule has 27 heavy (non-hydrogen) atoms. The molecule has 0 aliphatic rings. The van der Waals surface area contributed by atoms with E-state index >= 15 is 0 Å². The average Bonchev–Trinajstić information content (AvgIpc) is 3.30. The van der Waals surface area contributed by atoms with Gasteiger partial charge in [-0.15, -0.1) is 0 Å². The fourth-order valence-corrected chi connectivity index (χ4v) is 3.32. The van der Waals surface area contributed by atoms with Gasteiger partial charge in [0.25, 0.3) is 0 Å². The highest BCUT2D eigenvalue weighted by molar-refractivity contribution is 5.98. The van der Waals surface area contributed by atoms with Gasteiger partial charge in [0.2, 0.25) is 0 Å². The number of carbonyl (C=O) groups is 1. The predicted octanol–water partition coefficient (Wildman–Crippen LogP) is 4.85. The van der Waals surface area contributed by atoms with Gasteiger partial charge in [-0.25, -0.2) is 0 Å². The van der Waals surface area contributed by atoms with Crippen molar-refractivity contribution in [2.24, 2.45) is 7.05 Å². The zero-order valence-corrected chi connectivity index (χ0v) is 14.8. The van der Waals surface area contributed by atoms with Crippen molar-refractivity contribution in [2.75, 3.05) is 0 Å². The number of benzene rings is 2. The van der Waals surface area contributed by atoms with E-state index in [9.17, 15) is 10.1 Å². The minimum Gasteiger partial charge on any atom is -0.350 e.